The number of likely N-dealkylation sites (tertiary alicyclic amines) is 1. The highest BCUT2D eigenvalue weighted by Crippen LogP contribution is 2.15. The van der Waals surface area contributed by atoms with Gasteiger partial charge in [0.05, 0.1) is 25.5 Å². The van der Waals surface area contributed by atoms with Gasteiger partial charge in [-0.05, 0) is 43.7 Å². The number of aliphatic hydroxyl groups excluding tert-OH is 1. The van der Waals surface area contributed by atoms with Gasteiger partial charge in [0.15, 0.2) is 5.96 Å². The molecule has 1 aliphatic rings. The van der Waals surface area contributed by atoms with Crippen LogP contribution in [-0.2, 0) is 19.6 Å². The molecule has 0 bridgehead atoms. The second-order valence-corrected chi connectivity index (χ2v) is 7.08. The van der Waals surface area contributed by atoms with Gasteiger partial charge in [-0.2, -0.15) is 0 Å². The number of benzene rings is 1. The van der Waals surface area contributed by atoms with Gasteiger partial charge in [0.2, 0.25) is 0 Å². The fourth-order valence-electron chi connectivity index (χ4n) is 3.40. The van der Waals surface area contributed by atoms with E-state index in [1.54, 1.807) is 6.26 Å². The number of halogens is 1. The molecule has 1 aromatic heterocycles. The third-order valence-corrected chi connectivity index (χ3v) is 4.76. The number of furan rings is 1. The molecule has 3 rings (SSSR count). The van der Waals surface area contributed by atoms with E-state index in [4.69, 9.17) is 9.41 Å². The lowest BCUT2D eigenvalue weighted by molar-refractivity contribution is 0.188. The lowest BCUT2D eigenvalue weighted by Crippen LogP contribution is -2.40. The van der Waals surface area contributed by atoms with E-state index in [9.17, 15) is 5.11 Å². The van der Waals surface area contributed by atoms with Gasteiger partial charge in [0.25, 0.3) is 0 Å². The van der Waals surface area contributed by atoms with E-state index < -0.39 is 0 Å². The highest BCUT2D eigenvalue weighted by Gasteiger charge is 2.22. The van der Waals surface area contributed by atoms with Crippen LogP contribution < -0.4 is 5.32 Å². The Morgan fingerprint density at radius 3 is 2.68 bits per heavy atom. The first kappa shape index (κ1) is 22.7. The zero-order chi connectivity index (χ0) is 19.1. The highest BCUT2D eigenvalue weighted by molar-refractivity contribution is 14.0. The van der Waals surface area contributed by atoms with E-state index in [0.717, 1.165) is 44.3 Å². The molecule has 0 saturated carbocycles. The Balaban J connectivity index is 0.00000280. The quantitative estimate of drug-likeness (QED) is 0.349. The van der Waals surface area contributed by atoms with Crippen molar-refractivity contribution in [3.8, 4) is 0 Å². The van der Waals surface area contributed by atoms with Gasteiger partial charge < -0.3 is 19.7 Å². The van der Waals surface area contributed by atoms with E-state index in [1.807, 2.05) is 12.1 Å². The van der Waals surface area contributed by atoms with Crippen LogP contribution in [0.4, 0.5) is 0 Å². The van der Waals surface area contributed by atoms with Crippen molar-refractivity contribution >= 4 is 29.9 Å². The summed E-state index contributed by atoms with van der Waals surface area (Å²) in [5, 5.41) is 13.2. The standard InChI is InChI=1S/C21H30N4O2.HI/c1-3-22-21(25-11-10-19(26)15-25)23-13-17-7-4-5-8-18(17)14-24(2)16-20-9-6-12-27-20;/h4-9,12,19,26H,3,10-11,13-16H2,1-2H3,(H,22,23);1H/t19-;/m1./s1. The summed E-state index contributed by atoms with van der Waals surface area (Å²) in [6.45, 7) is 6.63. The predicted molar refractivity (Wildman–Crippen MR) is 123 cm³/mol. The summed E-state index contributed by atoms with van der Waals surface area (Å²) in [5.41, 5.74) is 2.49. The maximum Gasteiger partial charge on any atom is 0.194 e. The van der Waals surface area contributed by atoms with Crippen molar-refractivity contribution in [2.24, 2.45) is 4.99 Å². The Labute approximate surface area is 184 Å². The molecule has 2 N–H and O–H groups in total. The minimum absolute atomic E-state index is 0. The van der Waals surface area contributed by atoms with Crippen LogP contribution in [0.1, 0.15) is 30.2 Å². The average Bonchev–Trinajstić information content (AvgIpc) is 3.31. The van der Waals surface area contributed by atoms with Gasteiger partial charge in [0.1, 0.15) is 5.76 Å². The second-order valence-electron chi connectivity index (χ2n) is 7.08. The summed E-state index contributed by atoms with van der Waals surface area (Å²) in [4.78, 5) is 9.21. The van der Waals surface area contributed by atoms with Gasteiger partial charge in [-0.3, -0.25) is 4.90 Å². The molecule has 0 spiro atoms. The SMILES string of the molecule is CCNC(=NCc1ccccc1CN(C)Cc1ccco1)N1CC[C@@H](O)C1.I. The largest absolute Gasteiger partial charge is 0.468 e. The minimum atomic E-state index is -0.253. The van der Waals surface area contributed by atoms with Crippen LogP contribution in [0.5, 0.6) is 0 Å². The van der Waals surface area contributed by atoms with Gasteiger partial charge in [0, 0.05) is 26.2 Å². The van der Waals surface area contributed by atoms with Crippen LogP contribution in [0.25, 0.3) is 0 Å². The van der Waals surface area contributed by atoms with Crippen molar-refractivity contribution in [3.05, 3.63) is 59.5 Å². The van der Waals surface area contributed by atoms with Crippen molar-refractivity contribution in [3.63, 3.8) is 0 Å². The van der Waals surface area contributed by atoms with Crippen LogP contribution in [-0.4, -0.2) is 53.7 Å². The minimum Gasteiger partial charge on any atom is -0.468 e. The topological polar surface area (TPSA) is 64.2 Å². The smallest absolute Gasteiger partial charge is 0.194 e. The molecule has 0 radical (unpaired) electrons. The predicted octanol–water partition coefficient (Wildman–Crippen LogP) is 3.06. The summed E-state index contributed by atoms with van der Waals surface area (Å²) in [6.07, 6.45) is 2.26. The lowest BCUT2D eigenvalue weighted by Gasteiger charge is -2.21. The number of hydrogen-bond donors (Lipinski definition) is 2. The van der Waals surface area contributed by atoms with E-state index in [1.165, 1.54) is 11.1 Å². The normalized spacial score (nSPS) is 17.1. The van der Waals surface area contributed by atoms with Gasteiger partial charge in [-0.25, -0.2) is 4.99 Å². The van der Waals surface area contributed by atoms with Gasteiger partial charge in [-0.1, -0.05) is 24.3 Å². The lowest BCUT2D eigenvalue weighted by atomic mass is 10.1. The molecule has 1 fully saturated rings. The molecule has 0 amide bonds. The summed E-state index contributed by atoms with van der Waals surface area (Å²) in [7, 11) is 2.10. The first-order valence-electron chi connectivity index (χ1n) is 9.64. The van der Waals surface area contributed by atoms with Crippen LogP contribution in [0.3, 0.4) is 0 Å². The number of nitrogens with zero attached hydrogens (tertiary/aromatic N) is 3. The van der Waals surface area contributed by atoms with Crippen molar-refractivity contribution in [1.82, 2.24) is 15.1 Å². The van der Waals surface area contributed by atoms with Crippen molar-refractivity contribution in [1.29, 1.82) is 0 Å². The van der Waals surface area contributed by atoms with Crippen molar-refractivity contribution in [2.75, 3.05) is 26.7 Å². The molecule has 0 aliphatic carbocycles. The molecule has 6 nitrogen and oxygen atoms in total. The molecule has 2 aromatic rings. The number of nitrogens with one attached hydrogen (secondary N) is 1. The van der Waals surface area contributed by atoms with Crippen LogP contribution >= 0.6 is 24.0 Å². The molecule has 1 aromatic carbocycles. The fraction of sp³-hybridized carbons (Fsp3) is 0.476. The van der Waals surface area contributed by atoms with E-state index >= 15 is 0 Å². The zero-order valence-corrected chi connectivity index (χ0v) is 19.0. The fourth-order valence-corrected chi connectivity index (χ4v) is 3.40. The molecule has 1 atom stereocenters. The summed E-state index contributed by atoms with van der Waals surface area (Å²) in [5.74, 6) is 1.85. The summed E-state index contributed by atoms with van der Waals surface area (Å²) in [6, 6.07) is 12.4. The van der Waals surface area contributed by atoms with E-state index in [-0.39, 0.29) is 30.1 Å². The molecular formula is C21H31IN4O2. The summed E-state index contributed by atoms with van der Waals surface area (Å²) >= 11 is 0. The molecule has 28 heavy (non-hydrogen) atoms. The molecule has 154 valence electrons. The molecule has 1 saturated heterocycles. The third kappa shape index (κ3) is 6.49. The Kier molecular flexibility index (Phi) is 9.27. The first-order chi connectivity index (χ1) is 13.2. The van der Waals surface area contributed by atoms with Crippen LogP contribution in [0, 0.1) is 0 Å². The van der Waals surface area contributed by atoms with E-state index in [0.29, 0.717) is 13.1 Å². The third-order valence-electron chi connectivity index (χ3n) is 4.76. The maximum atomic E-state index is 9.81. The Morgan fingerprint density at radius 2 is 2.04 bits per heavy atom. The number of β-amino-alcohol motifs (C(OH)–C–C–N with tert-alkyl or cyclic N) is 1. The Morgan fingerprint density at radius 1 is 1.25 bits per heavy atom. The van der Waals surface area contributed by atoms with Crippen molar-refractivity contribution < 1.29 is 9.52 Å². The molecule has 0 unspecified atom stereocenters. The van der Waals surface area contributed by atoms with E-state index in [2.05, 4.69) is 53.4 Å². The highest BCUT2D eigenvalue weighted by atomic mass is 127. The average molecular weight is 498 g/mol. The number of aliphatic hydroxyl groups is 1. The van der Waals surface area contributed by atoms with Crippen LogP contribution in [0.15, 0.2) is 52.1 Å². The molecule has 1 aliphatic heterocycles. The molecule has 2 heterocycles. The number of aliphatic imine (C=N–C) groups is 1. The number of rotatable bonds is 7. The molecule has 7 heteroatoms. The maximum absolute atomic E-state index is 9.81. The van der Waals surface area contributed by atoms with Crippen molar-refractivity contribution in [2.45, 2.75) is 39.1 Å². The Bertz CT molecular complexity index is 736. The Hall–Kier alpha value is -1.58. The van der Waals surface area contributed by atoms with Crippen LogP contribution in [0.2, 0.25) is 0 Å². The number of guanidine groups is 1. The zero-order valence-electron chi connectivity index (χ0n) is 16.7. The summed E-state index contributed by atoms with van der Waals surface area (Å²) < 4.78 is 5.45. The monoisotopic (exact) mass is 498 g/mol. The van der Waals surface area contributed by atoms with Gasteiger partial charge >= 0.3 is 0 Å². The van der Waals surface area contributed by atoms with Gasteiger partial charge in [-0.15, -0.1) is 24.0 Å². The first-order valence-corrected chi connectivity index (χ1v) is 9.64. The second kappa shape index (κ2) is 11.4. The number of hydrogen-bond acceptors (Lipinski definition) is 4. The molecular weight excluding hydrogens is 467 g/mol.